The Morgan fingerprint density at radius 1 is 0.280 bits per heavy atom. The molecular formula is C69H114O6. The number of esters is 3. The van der Waals surface area contributed by atoms with E-state index in [1.165, 1.54) is 96.3 Å². The van der Waals surface area contributed by atoms with Crippen molar-refractivity contribution in [2.24, 2.45) is 0 Å². The molecule has 0 aliphatic rings. The van der Waals surface area contributed by atoms with E-state index in [2.05, 4.69) is 142 Å². The summed E-state index contributed by atoms with van der Waals surface area (Å²) in [6.45, 7) is 6.42. The molecule has 75 heavy (non-hydrogen) atoms. The van der Waals surface area contributed by atoms with Gasteiger partial charge in [-0.25, -0.2) is 0 Å². The molecule has 0 aliphatic carbocycles. The van der Waals surface area contributed by atoms with Gasteiger partial charge in [-0.3, -0.25) is 14.4 Å². The molecular weight excluding hydrogens is 925 g/mol. The predicted octanol–water partition coefficient (Wildman–Crippen LogP) is 21.2. The molecule has 0 aliphatic heterocycles. The van der Waals surface area contributed by atoms with Gasteiger partial charge in [0, 0.05) is 19.3 Å². The van der Waals surface area contributed by atoms with E-state index < -0.39 is 6.10 Å². The summed E-state index contributed by atoms with van der Waals surface area (Å²) in [7, 11) is 0. The monoisotopic (exact) mass is 1040 g/mol. The summed E-state index contributed by atoms with van der Waals surface area (Å²) in [4.78, 5) is 37.9. The SMILES string of the molecule is CC/C=C\C/C=C\C/C=C\C/C=C\C/C=C\C/C=C\C/C=C\CCCCCCCCCCCC(=O)OCC(COC(=O)CCCCCCC)OC(=O)CCCCCCCC/C=C\C/C=C\C/C=C\CCCCCCC. The van der Waals surface area contributed by atoms with Crippen molar-refractivity contribution in [1.82, 2.24) is 0 Å². The van der Waals surface area contributed by atoms with Crippen molar-refractivity contribution in [3.63, 3.8) is 0 Å². The Labute approximate surface area is 462 Å². The van der Waals surface area contributed by atoms with Gasteiger partial charge >= 0.3 is 17.9 Å². The van der Waals surface area contributed by atoms with Gasteiger partial charge in [-0.2, -0.15) is 0 Å². The van der Waals surface area contributed by atoms with E-state index in [0.717, 1.165) is 141 Å². The molecule has 0 bridgehead atoms. The Morgan fingerprint density at radius 2 is 0.520 bits per heavy atom. The first-order chi connectivity index (χ1) is 37.0. The maximum Gasteiger partial charge on any atom is 0.306 e. The smallest absolute Gasteiger partial charge is 0.306 e. The van der Waals surface area contributed by atoms with Gasteiger partial charge in [0.1, 0.15) is 13.2 Å². The molecule has 0 radical (unpaired) electrons. The molecule has 0 spiro atoms. The highest BCUT2D eigenvalue weighted by atomic mass is 16.6. The van der Waals surface area contributed by atoms with Gasteiger partial charge in [0.15, 0.2) is 6.10 Å². The summed E-state index contributed by atoms with van der Waals surface area (Å²) in [5, 5.41) is 0. The molecule has 0 aromatic rings. The van der Waals surface area contributed by atoms with E-state index in [9.17, 15) is 14.4 Å². The van der Waals surface area contributed by atoms with Crippen LogP contribution in [0.1, 0.15) is 278 Å². The van der Waals surface area contributed by atoms with Crippen LogP contribution in [0.3, 0.4) is 0 Å². The Hall–Kier alpha value is -4.19. The average Bonchev–Trinajstić information content (AvgIpc) is 3.41. The van der Waals surface area contributed by atoms with Crippen molar-refractivity contribution < 1.29 is 28.6 Å². The highest BCUT2D eigenvalue weighted by Gasteiger charge is 2.19. The molecule has 0 rings (SSSR count). The van der Waals surface area contributed by atoms with E-state index in [4.69, 9.17) is 14.2 Å². The van der Waals surface area contributed by atoms with Crippen molar-refractivity contribution in [3.05, 3.63) is 122 Å². The van der Waals surface area contributed by atoms with Crippen LogP contribution in [0.4, 0.5) is 0 Å². The van der Waals surface area contributed by atoms with Crippen LogP contribution < -0.4 is 0 Å². The summed E-state index contributed by atoms with van der Waals surface area (Å²) < 4.78 is 16.7. The van der Waals surface area contributed by atoms with Crippen molar-refractivity contribution in [3.8, 4) is 0 Å². The minimum Gasteiger partial charge on any atom is -0.462 e. The molecule has 0 aromatic carbocycles. The molecule has 0 heterocycles. The third-order valence-corrected chi connectivity index (χ3v) is 13.0. The lowest BCUT2D eigenvalue weighted by Crippen LogP contribution is -2.30. The zero-order chi connectivity index (χ0) is 54.3. The minimum atomic E-state index is -0.787. The van der Waals surface area contributed by atoms with Crippen molar-refractivity contribution in [2.45, 2.75) is 284 Å². The third kappa shape index (κ3) is 60.6. The van der Waals surface area contributed by atoms with E-state index in [1.807, 2.05) is 0 Å². The number of rotatable bonds is 55. The maximum absolute atomic E-state index is 12.8. The van der Waals surface area contributed by atoms with Gasteiger partial charge in [0.05, 0.1) is 0 Å². The number of ether oxygens (including phenoxy) is 3. The fourth-order valence-electron chi connectivity index (χ4n) is 8.31. The number of hydrogen-bond acceptors (Lipinski definition) is 6. The zero-order valence-corrected chi connectivity index (χ0v) is 48.8. The molecule has 6 heteroatoms. The first-order valence-corrected chi connectivity index (χ1v) is 31.0. The quantitative estimate of drug-likeness (QED) is 0.0261. The number of unbranched alkanes of at least 4 members (excludes halogenated alkanes) is 24. The first-order valence-electron chi connectivity index (χ1n) is 31.0. The van der Waals surface area contributed by atoms with Crippen LogP contribution in [0.2, 0.25) is 0 Å². The van der Waals surface area contributed by atoms with Crippen molar-refractivity contribution >= 4 is 17.9 Å². The van der Waals surface area contributed by atoms with Gasteiger partial charge < -0.3 is 14.2 Å². The normalized spacial score (nSPS) is 12.9. The Kier molecular flexibility index (Phi) is 58.9. The summed E-state index contributed by atoms with van der Waals surface area (Å²) in [5.74, 6) is -0.919. The van der Waals surface area contributed by atoms with Gasteiger partial charge in [0.2, 0.25) is 0 Å². The summed E-state index contributed by atoms with van der Waals surface area (Å²) in [6, 6.07) is 0. The molecule has 0 N–H and O–H groups in total. The van der Waals surface area contributed by atoms with Crippen LogP contribution in [0.5, 0.6) is 0 Å². The van der Waals surface area contributed by atoms with E-state index >= 15 is 0 Å². The first kappa shape index (κ1) is 70.8. The fourth-order valence-corrected chi connectivity index (χ4v) is 8.31. The van der Waals surface area contributed by atoms with E-state index in [-0.39, 0.29) is 31.1 Å². The zero-order valence-electron chi connectivity index (χ0n) is 48.8. The highest BCUT2D eigenvalue weighted by Crippen LogP contribution is 2.15. The lowest BCUT2D eigenvalue weighted by Gasteiger charge is -2.18. The van der Waals surface area contributed by atoms with Crippen molar-refractivity contribution in [1.29, 1.82) is 0 Å². The Balaban J connectivity index is 4.11. The number of carbonyl (C=O) groups excluding carboxylic acids is 3. The number of carbonyl (C=O) groups is 3. The standard InChI is InChI=1S/C69H114O6/c1-4-7-10-13-15-17-19-21-23-25-27-29-30-31-32-33-34-35-36-37-38-40-41-43-45-47-49-51-53-56-59-62-68(71)74-65-66(64-73-67(70)61-58-55-12-9-6-3)75-69(72)63-60-57-54-52-50-48-46-44-42-39-28-26-24-22-20-18-16-14-11-8-5-2/h7,10,15,17,20-23,26-29,31-32,34-35,37-38,42,44,66H,4-6,8-9,11-14,16,18-19,24-25,30,33,36,39-41,43,45-65H2,1-3H3/b10-7-,17-15-,22-20-,23-21-,28-26-,29-27-,32-31-,35-34-,38-37-,44-42-. The molecule has 6 nitrogen and oxygen atoms in total. The molecule has 0 fully saturated rings. The topological polar surface area (TPSA) is 78.9 Å². The minimum absolute atomic E-state index is 0.0873. The summed E-state index contributed by atoms with van der Waals surface area (Å²) in [6.07, 6.45) is 86.7. The molecule has 0 amide bonds. The largest absolute Gasteiger partial charge is 0.462 e. The fraction of sp³-hybridized carbons (Fsp3) is 0.667. The second-order valence-corrected chi connectivity index (χ2v) is 20.2. The highest BCUT2D eigenvalue weighted by molar-refractivity contribution is 5.71. The molecule has 0 saturated heterocycles. The lowest BCUT2D eigenvalue weighted by molar-refractivity contribution is -0.167. The van der Waals surface area contributed by atoms with Crippen LogP contribution in [0.25, 0.3) is 0 Å². The third-order valence-electron chi connectivity index (χ3n) is 13.0. The molecule has 1 unspecified atom stereocenters. The Bertz CT molecular complexity index is 1570. The Morgan fingerprint density at radius 3 is 0.813 bits per heavy atom. The van der Waals surface area contributed by atoms with Gasteiger partial charge in [-0.1, -0.05) is 264 Å². The predicted molar refractivity (Wildman–Crippen MR) is 325 cm³/mol. The molecule has 0 saturated carbocycles. The second-order valence-electron chi connectivity index (χ2n) is 20.2. The van der Waals surface area contributed by atoms with Crippen molar-refractivity contribution in [2.75, 3.05) is 13.2 Å². The molecule has 1 atom stereocenters. The van der Waals surface area contributed by atoms with Crippen LogP contribution in [-0.4, -0.2) is 37.2 Å². The second kappa shape index (κ2) is 62.4. The summed E-state index contributed by atoms with van der Waals surface area (Å²) in [5.41, 5.74) is 0. The molecule has 426 valence electrons. The lowest BCUT2D eigenvalue weighted by atomic mass is 10.1. The van der Waals surface area contributed by atoms with Gasteiger partial charge in [-0.15, -0.1) is 0 Å². The van der Waals surface area contributed by atoms with Gasteiger partial charge in [0.25, 0.3) is 0 Å². The number of allylic oxidation sites excluding steroid dienone is 20. The van der Waals surface area contributed by atoms with E-state index in [0.29, 0.717) is 19.3 Å². The number of hydrogen-bond donors (Lipinski definition) is 0. The maximum atomic E-state index is 12.8. The molecule has 0 aromatic heterocycles. The van der Waals surface area contributed by atoms with Gasteiger partial charge in [-0.05, 0) is 116 Å². The van der Waals surface area contributed by atoms with Crippen LogP contribution in [0.15, 0.2) is 122 Å². The van der Waals surface area contributed by atoms with Crippen LogP contribution >= 0.6 is 0 Å². The summed E-state index contributed by atoms with van der Waals surface area (Å²) >= 11 is 0. The average molecular weight is 1040 g/mol. The van der Waals surface area contributed by atoms with E-state index in [1.54, 1.807) is 0 Å². The van der Waals surface area contributed by atoms with Crippen LogP contribution in [0, 0.1) is 0 Å². The van der Waals surface area contributed by atoms with Crippen LogP contribution in [-0.2, 0) is 28.6 Å².